The van der Waals surface area contributed by atoms with E-state index in [1.165, 1.54) is 6.42 Å². The molecule has 2 unspecified atom stereocenters. The molecule has 2 aliphatic heterocycles. The molecule has 0 radical (unpaired) electrons. The molecule has 1 N–H and O–H groups in total. The van der Waals surface area contributed by atoms with Crippen LogP contribution in [0.15, 0.2) is 24.3 Å². The smallest absolute Gasteiger partial charge is 0.260 e. The molecule has 0 aromatic heterocycles. The van der Waals surface area contributed by atoms with Gasteiger partial charge in [0.2, 0.25) is 0 Å². The lowest BCUT2D eigenvalue weighted by atomic mass is 9.97. The van der Waals surface area contributed by atoms with Gasteiger partial charge in [-0.1, -0.05) is 0 Å². The summed E-state index contributed by atoms with van der Waals surface area (Å²) in [5.41, 5.74) is 0.661. The molecule has 0 spiro atoms. The molecule has 27 heavy (non-hydrogen) atoms. The second kappa shape index (κ2) is 9.22. The van der Waals surface area contributed by atoms with Crippen molar-refractivity contribution in [3.63, 3.8) is 0 Å². The van der Waals surface area contributed by atoms with Crippen molar-refractivity contribution in [3.05, 3.63) is 29.8 Å². The molecular weight excluding hydrogens is 342 g/mol. The Labute approximate surface area is 161 Å². The van der Waals surface area contributed by atoms with Crippen molar-refractivity contribution in [1.82, 2.24) is 15.1 Å². The van der Waals surface area contributed by atoms with Gasteiger partial charge in [0, 0.05) is 37.3 Å². The number of piperidine rings is 1. The van der Waals surface area contributed by atoms with Crippen molar-refractivity contribution in [1.29, 1.82) is 0 Å². The fraction of sp³-hybridized carbons (Fsp3) is 0.619. The number of amides is 2. The Kier molecular flexibility index (Phi) is 6.72. The lowest BCUT2D eigenvalue weighted by molar-refractivity contribution is -0.139. The van der Waals surface area contributed by atoms with Gasteiger partial charge in [0.25, 0.3) is 11.8 Å². The van der Waals surface area contributed by atoms with E-state index in [-0.39, 0.29) is 30.5 Å². The van der Waals surface area contributed by atoms with E-state index in [1.807, 2.05) is 9.80 Å². The molecule has 2 fully saturated rings. The number of nitrogens with zero attached hydrogens (tertiary/aromatic N) is 2. The Balaban J connectivity index is 1.54. The standard InChI is InChI=1S/C21H31N3O3/c1-16-5-3-6-17(2)24(16)20(25)15-27-19-9-7-18(8-10-19)21(26)23-13-4-11-22-12-14-23/h7-10,16-17,22H,3-6,11-15H2,1-2H3. The van der Waals surface area contributed by atoms with Crippen LogP contribution in [0.25, 0.3) is 0 Å². The zero-order chi connectivity index (χ0) is 19.2. The predicted octanol–water partition coefficient (Wildman–Crippen LogP) is 2.29. The summed E-state index contributed by atoms with van der Waals surface area (Å²) >= 11 is 0. The van der Waals surface area contributed by atoms with Crippen molar-refractivity contribution in [2.45, 2.75) is 51.6 Å². The first kappa shape index (κ1) is 19.7. The number of hydrogen-bond donors (Lipinski definition) is 1. The summed E-state index contributed by atoms with van der Waals surface area (Å²) in [6.07, 6.45) is 4.26. The first-order valence-electron chi connectivity index (χ1n) is 10.1. The van der Waals surface area contributed by atoms with E-state index < -0.39 is 0 Å². The highest BCUT2D eigenvalue weighted by Crippen LogP contribution is 2.23. The van der Waals surface area contributed by atoms with Crippen LogP contribution in [-0.4, -0.2) is 66.5 Å². The molecule has 2 heterocycles. The van der Waals surface area contributed by atoms with E-state index in [0.717, 1.165) is 45.4 Å². The van der Waals surface area contributed by atoms with Crippen LogP contribution < -0.4 is 10.1 Å². The van der Waals surface area contributed by atoms with Crippen LogP contribution in [0, 0.1) is 0 Å². The Morgan fingerprint density at radius 1 is 1.04 bits per heavy atom. The van der Waals surface area contributed by atoms with Gasteiger partial charge in [-0.05, 0) is 70.3 Å². The molecule has 6 heteroatoms. The van der Waals surface area contributed by atoms with E-state index in [0.29, 0.717) is 11.3 Å². The summed E-state index contributed by atoms with van der Waals surface area (Å²) in [5, 5.41) is 3.30. The SMILES string of the molecule is CC1CCCC(C)N1C(=O)COc1ccc(C(=O)N2CCCNCC2)cc1. The third-order valence-electron chi connectivity index (χ3n) is 5.57. The predicted molar refractivity (Wildman–Crippen MR) is 105 cm³/mol. The van der Waals surface area contributed by atoms with Crippen molar-refractivity contribution >= 4 is 11.8 Å². The number of rotatable bonds is 4. The van der Waals surface area contributed by atoms with Crippen LogP contribution in [0.4, 0.5) is 0 Å². The minimum atomic E-state index is 0.0342. The molecule has 1 aromatic carbocycles. The van der Waals surface area contributed by atoms with Crippen molar-refractivity contribution in [3.8, 4) is 5.75 Å². The van der Waals surface area contributed by atoms with Gasteiger partial charge >= 0.3 is 0 Å². The molecule has 0 bridgehead atoms. The van der Waals surface area contributed by atoms with Gasteiger partial charge in [0.15, 0.2) is 6.61 Å². The molecule has 148 valence electrons. The van der Waals surface area contributed by atoms with Crippen molar-refractivity contribution in [2.75, 3.05) is 32.8 Å². The number of benzene rings is 1. The summed E-state index contributed by atoms with van der Waals surface area (Å²) in [5.74, 6) is 0.707. The van der Waals surface area contributed by atoms with Gasteiger partial charge in [0.1, 0.15) is 5.75 Å². The number of carbonyl (C=O) groups is 2. The summed E-state index contributed by atoms with van der Waals surface area (Å²) < 4.78 is 5.69. The van der Waals surface area contributed by atoms with Crippen LogP contribution in [0.2, 0.25) is 0 Å². The molecule has 0 saturated carbocycles. The van der Waals surface area contributed by atoms with Crippen LogP contribution in [0.1, 0.15) is 49.9 Å². The first-order valence-corrected chi connectivity index (χ1v) is 10.1. The summed E-state index contributed by atoms with van der Waals surface area (Å²) in [7, 11) is 0. The third kappa shape index (κ3) is 5.01. The number of ether oxygens (including phenoxy) is 1. The Morgan fingerprint density at radius 2 is 1.74 bits per heavy atom. The highest BCUT2D eigenvalue weighted by Gasteiger charge is 2.29. The highest BCUT2D eigenvalue weighted by molar-refractivity contribution is 5.94. The summed E-state index contributed by atoms with van der Waals surface area (Å²) in [6.45, 7) is 7.56. The average Bonchev–Trinajstić information content (AvgIpc) is 2.95. The van der Waals surface area contributed by atoms with Gasteiger partial charge < -0.3 is 19.9 Å². The maximum atomic E-state index is 12.6. The van der Waals surface area contributed by atoms with E-state index in [2.05, 4.69) is 19.2 Å². The summed E-state index contributed by atoms with van der Waals surface area (Å²) in [4.78, 5) is 29.0. The minimum absolute atomic E-state index is 0.0342. The maximum absolute atomic E-state index is 12.6. The second-order valence-electron chi connectivity index (χ2n) is 7.64. The zero-order valence-electron chi connectivity index (χ0n) is 16.4. The number of likely N-dealkylation sites (tertiary alicyclic amines) is 1. The van der Waals surface area contributed by atoms with Crippen molar-refractivity contribution in [2.24, 2.45) is 0 Å². The van der Waals surface area contributed by atoms with E-state index in [1.54, 1.807) is 24.3 Å². The molecule has 1 aromatic rings. The van der Waals surface area contributed by atoms with E-state index in [4.69, 9.17) is 4.74 Å². The van der Waals surface area contributed by atoms with Gasteiger partial charge in [-0.2, -0.15) is 0 Å². The quantitative estimate of drug-likeness (QED) is 0.880. The molecular formula is C21H31N3O3. The maximum Gasteiger partial charge on any atom is 0.260 e. The molecule has 3 rings (SSSR count). The Bertz CT molecular complexity index is 629. The van der Waals surface area contributed by atoms with Crippen LogP contribution in [0.3, 0.4) is 0 Å². The molecule has 0 aliphatic carbocycles. The van der Waals surface area contributed by atoms with Gasteiger partial charge in [-0.3, -0.25) is 9.59 Å². The normalized spacial score (nSPS) is 23.6. The van der Waals surface area contributed by atoms with Gasteiger partial charge in [0.05, 0.1) is 0 Å². The minimum Gasteiger partial charge on any atom is -0.484 e. The molecule has 2 saturated heterocycles. The van der Waals surface area contributed by atoms with E-state index in [9.17, 15) is 9.59 Å². The third-order valence-corrected chi connectivity index (χ3v) is 5.57. The lowest BCUT2D eigenvalue weighted by Crippen LogP contribution is -2.49. The monoisotopic (exact) mass is 373 g/mol. The lowest BCUT2D eigenvalue weighted by Gasteiger charge is -2.38. The molecule has 2 atom stereocenters. The van der Waals surface area contributed by atoms with Crippen LogP contribution in [-0.2, 0) is 4.79 Å². The van der Waals surface area contributed by atoms with Gasteiger partial charge in [-0.15, -0.1) is 0 Å². The number of hydrogen-bond acceptors (Lipinski definition) is 4. The van der Waals surface area contributed by atoms with Crippen LogP contribution in [0.5, 0.6) is 5.75 Å². The molecule has 2 aliphatic rings. The van der Waals surface area contributed by atoms with Crippen molar-refractivity contribution < 1.29 is 14.3 Å². The van der Waals surface area contributed by atoms with Gasteiger partial charge in [-0.25, -0.2) is 0 Å². The number of carbonyl (C=O) groups excluding carboxylic acids is 2. The molecule has 6 nitrogen and oxygen atoms in total. The fourth-order valence-electron chi connectivity index (χ4n) is 4.06. The topological polar surface area (TPSA) is 61.9 Å². The fourth-order valence-corrected chi connectivity index (χ4v) is 4.06. The Morgan fingerprint density at radius 3 is 2.44 bits per heavy atom. The molecule has 2 amide bonds. The highest BCUT2D eigenvalue weighted by atomic mass is 16.5. The number of nitrogens with one attached hydrogen (secondary N) is 1. The first-order chi connectivity index (χ1) is 13.1. The summed E-state index contributed by atoms with van der Waals surface area (Å²) in [6, 6.07) is 7.67. The van der Waals surface area contributed by atoms with E-state index >= 15 is 0 Å². The Hall–Kier alpha value is -2.08. The second-order valence-corrected chi connectivity index (χ2v) is 7.64. The zero-order valence-corrected chi connectivity index (χ0v) is 16.4. The van der Waals surface area contributed by atoms with Crippen LogP contribution >= 0.6 is 0 Å². The largest absolute Gasteiger partial charge is 0.484 e. The average molecular weight is 373 g/mol.